The van der Waals surface area contributed by atoms with E-state index in [1.54, 1.807) is 42.6 Å². The number of halogens is 1. The number of thiazole rings is 1. The molecule has 128 valence electrons. The molecule has 0 unspecified atom stereocenters. The summed E-state index contributed by atoms with van der Waals surface area (Å²) in [7, 11) is 0. The van der Waals surface area contributed by atoms with Crippen LogP contribution in [0, 0.1) is 6.92 Å². The average molecular weight is 420 g/mol. The van der Waals surface area contributed by atoms with E-state index in [-0.39, 0.29) is 24.0 Å². The molecule has 8 heteroatoms. The summed E-state index contributed by atoms with van der Waals surface area (Å²) >= 11 is 4.59. The minimum absolute atomic E-state index is 0.133. The smallest absolute Gasteiger partial charge is 0.291 e. The van der Waals surface area contributed by atoms with Crippen LogP contribution in [0.25, 0.3) is 0 Å². The Morgan fingerprint density at radius 3 is 2.52 bits per heavy atom. The fourth-order valence-corrected chi connectivity index (χ4v) is 3.08. The largest absolute Gasteiger partial charge is 0.444 e. The molecule has 6 nitrogen and oxygen atoms in total. The highest BCUT2D eigenvalue weighted by atomic mass is 79.9. The highest BCUT2D eigenvalue weighted by Gasteiger charge is 2.11. The molecular weight excluding hydrogens is 406 g/mol. The lowest BCUT2D eigenvalue weighted by molar-refractivity contribution is -0.115. The first-order chi connectivity index (χ1) is 12.0. The van der Waals surface area contributed by atoms with Gasteiger partial charge in [-0.15, -0.1) is 11.3 Å². The van der Waals surface area contributed by atoms with E-state index in [0.717, 1.165) is 10.4 Å². The predicted octanol–water partition coefficient (Wildman–Crippen LogP) is 4.24. The normalized spacial score (nSPS) is 10.5. The van der Waals surface area contributed by atoms with Gasteiger partial charge in [0.15, 0.2) is 15.6 Å². The average Bonchev–Trinajstić information content (AvgIpc) is 3.18. The van der Waals surface area contributed by atoms with Crippen LogP contribution in [-0.2, 0) is 11.2 Å². The first-order valence-electron chi connectivity index (χ1n) is 7.37. The highest BCUT2D eigenvalue weighted by molar-refractivity contribution is 9.10. The number of amides is 2. The Hall–Kier alpha value is -2.45. The molecule has 2 amide bonds. The molecule has 0 bridgehead atoms. The molecule has 0 saturated carbocycles. The molecule has 0 fully saturated rings. The van der Waals surface area contributed by atoms with Gasteiger partial charge in [0.1, 0.15) is 0 Å². The third-order valence-corrected chi connectivity index (χ3v) is 4.50. The zero-order valence-corrected chi connectivity index (χ0v) is 15.6. The second-order valence-electron chi connectivity index (χ2n) is 5.26. The summed E-state index contributed by atoms with van der Waals surface area (Å²) in [5.74, 6) is -0.254. The summed E-state index contributed by atoms with van der Waals surface area (Å²) in [4.78, 5) is 29.2. The molecule has 3 rings (SSSR count). The summed E-state index contributed by atoms with van der Waals surface area (Å²) in [6.45, 7) is 1.93. The third kappa shape index (κ3) is 4.77. The molecule has 0 aliphatic heterocycles. The number of hydrogen-bond donors (Lipinski definition) is 2. The van der Waals surface area contributed by atoms with Crippen molar-refractivity contribution in [3.63, 3.8) is 0 Å². The van der Waals surface area contributed by atoms with Crippen molar-refractivity contribution in [2.45, 2.75) is 13.3 Å². The number of aryl methyl sites for hydroxylation is 1. The van der Waals surface area contributed by atoms with Crippen LogP contribution in [0.1, 0.15) is 21.0 Å². The van der Waals surface area contributed by atoms with Gasteiger partial charge >= 0.3 is 0 Å². The summed E-state index contributed by atoms with van der Waals surface area (Å²) in [6, 6.07) is 10.3. The molecule has 0 spiro atoms. The maximum absolute atomic E-state index is 12.0. The molecule has 2 heterocycles. The topological polar surface area (TPSA) is 84.2 Å². The van der Waals surface area contributed by atoms with Crippen molar-refractivity contribution in [2.75, 3.05) is 10.6 Å². The second kappa shape index (κ2) is 7.62. The Morgan fingerprint density at radius 1 is 1.16 bits per heavy atom. The lowest BCUT2D eigenvalue weighted by atomic mass is 10.1. The van der Waals surface area contributed by atoms with Crippen LogP contribution in [0.5, 0.6) is 0 Å². The quantitative estimate of drug-likeness (QED) is 0.647. The number of furan rings is 1. The van der Waals surface area contributed by atoms with Crippen LogP contribution in [0.15, 0.2) is 51.7 Å². The number of anilines is 2. The van der Waals surface area contributed by atoms with Crippen LogP contribution in [-0.4, -0.2) is 16.8 Å². The lowest BCUT2D eigenvalue weighted by Crippen LogP contribution is -2.14. The molecule has 2 aromatic heterocycles. The van der Waals surface area contributed by atoms with Crippen molar-refractivity contribution in [1.82, 2.24) is 4.98 Å². The number of hydrogen-bond acceptors (Lipinski definition) is 5. The lowest BCUT2D eigenvalue weighted by Gasteiger charge is -2.05. The zero-order chi connectivity index (χ0) is 17.8. The van der Waals surface area contributed by atoms with Gasteiger partial charge in [0.2, 0.25) is 5.91 Å². The standard InChI is InChI=1S/C17H14BrN3O3S/c1-10-9-19-17(25-10)21-15(22)8-11-2-4-12(5-3-11)20-16(23)13-6-7-14(18)24-13/h2-7,9H,8H2,1H3,(H,20,23)(H,19,21,22). The van der Waals surface area contributed by atoms with Crippen LogP contribution < -0.4 is 10.6 Å². The Morgan fingerprint density at radius 2 is 1.92 bits per heavy atom. The molecule has 3 aromatic rings. The van der Waals surface area contributed by atoms with E-state index < -0.39 is 0 Å². The van der Waals surface area contributed by atoms with Gasteiger partial charge in [-0.3, -0.25) is 9.59 Å². The zero-order valence-electron chi connectivity index (χ0n) is 13.2. The maximum Gasteiger partial charge on any atom is 0.291 e. The molecule has 0 atom stereocenters. The van der Waals surface area contributed by atoms with Crippen molar-refractivity contribution < 1.29 is 14.0 Å². The number of nitrogens with zero attached hydrogens (tertiary/aromatic N) is 1. The number of aromatic nitrogens is 1. The summed E-state index contributed by atoms with van der Waals surface area (Å²) in [5.41, 5.74) is 1.46. The maximum atomic E-state index is 12.0. The molecule has 25 heavy (non-hydrogen) atoms. The number of nitrogens with one attached hydrogen (secondary N) is 2. The van der Waals surface area contributed by atoms with Gasteiger partial charge in [0.25, 0.3) is 5.91 Å². The Bertz CT molecular complexity index is 902. The van der Waals surface area contributed by atoms with Gasteiger partial charge < -0.3 is 15.1 Å². The fraction of sp³-hybridized carbons (Fsp3) is 0.118. The van der Waals surface area contributed by atoms with Gasteiger partial charge in [0.05, 0.1) is 6.42 Å². The summed E-state index contributed by atoms with van der Waals surface area (Å²) in [5, 5.41) is 6.09. The molecule has 1 aromatic carbocycles. The molecular formula is C17H14BrN3O3S. The van der Waals surface area contributed by atoms with E-state index in [2.05, 4.69) is 31.5 Å². The van der Waals surface area contributed by atoms with Crippen LogP contribution in [0.2, 0.25) is 0 Å². The van der Waals surface area contributed by atoms with Crippen molar-refractivity contribution in [1.29, 1.82) is 0 Å². The molecule has 2 N–H and O–H groups in total. The first-order valence-corrected chi connectivity index (χ1v) is 8.98. The van der Waals surface area contributed by atoms with Gasteiger partial charge in [0, 0.05) is 16.8 Å². The van der Waals surface area contributed by atoms with E-state index in [9.17, 15) is 9.59 Å². The van der Waals surface area contributed by atoms with Crippen molar-refractivity contribution in [2.24, 2.45) is 0 Å². The van der Waals surface area contributed by atoms with Crippen LogP contribution >= 0.6 is 27.3 Å². The molecule has 0 aliphatic carbocycles. The van der Waals surface area contributed by atoms with E-state index in [1.165, 1.54) is 11.3 Å². The minimum Gasteiger partial charge on any atom is -0.444 e. The van der Waals surface area contributed by atoms with Crippen molar-refractivity contribution in [3.8, 4) is 0 Å². The molecule has 0 saturated heterocycles. The van der Waals surface area contributed by atoms with Crippen LogP contribution in [0.4, 0.5) is 10.8 Å². The Labute approximate surface area is 156 Å². The number of benzene rings is 1. The highest BCUT2D eigenvalue weighted by Crippen LogP contribution is 2.18. The fourth-order valence-electron chi connectivity index (χ4n) is 2.10. The van der Waals surface area contributed by atoms with E-state index in [0.29, 0.717) is 15.5 Å². The van der Waals surface area contributed by atoms with Crippen molar-refractivity contribution in [3.05, 3.63) is 63.5 Å². The predicted molar refractivity (Wildman–Crippen MR) is 100.0 cm³/mol. The van der Waals surface area contributed by atoms with Gasteiger partial charge in [-0.05, 0) is 52.7 Å². The monoisotopic (exact) mass is 419 g/mol. The minimum atomic E-state index is -0.338. The Kier molecular flexibility index (Phi) is 5.30. The van der Waals surface area contributed by atoms with E-state index >= 15 is 0 Å². The van der Waals surface area contributed by atoms with Crippen molar-refractivity contribution >= 4 is 49.9 Å². The number of rotatable bonds is 5. The SMILES string of the molecule is Cc1cnc(NC(=O)Cc2ccc(NC(=O)c3ccc(Br)o3)cc2)s1. The first kappa shape index (κ1) is 17.4. The molecule has 0 radical (unpaired) electrons. The summed E-state index contributed by atoms with van der Waals surface area (Å²) in [6.07, 6.45) is 1.95. The van der Waals surface area contributed by atoms with E-state index in [1.807, 2.05) is 6.92 Å². The Balaban J connectivity index is 1.56. The van der Waals surface area contributed by atoms with Gasteiger partial charge in [-0.1, -0.05) is 12.1 Å². The van der Waals surface area contributed by atoms with Gasteiger partial charge in [-0.2, -0.15) is 0 Å². The van der Waals surface area contributed by atoms with Gasteiger partial charge in [-0.25, -0.2) is 4.98 Å². The van der Waals surface area contributed by atoms with Crippen LogP contribution in [0.3, 0.4) is 0 Å². The van der Waals surface area contributed by atoms with E-state index in [4.69, 9.17) is 4.42 Å². The summed E-state index contributed by atoms with van der Waals surface area (Å²) < 4.78 is 5.69. The number of carbonyl (C=O) groups is 2. The molecule has 0 aliphatic rings. The second-order valence-corrected chi connectivity index (χ2v) is 7.27. The number of carbonyl (C=O) groups excluding carboxylic acids is 2. The third-order valence-electron chi connectivity index (χ3n) is 3.24.